The average Bonchev–Trinajstić information content (AvgIpc) is 3.47. The van der Waals surface area contributed by atoms with Crippen LogP contribution < -0.4 is 9.64 Å². The number of fused-ring (bicyclic) bond motifs is 4. The zero-order valence-electron chi connectivity index (χ0n) is 27.9. The highest BCUT2D eigenvalue weighted by Crippen LogP contribution is 2.64. The number of rotatable bonds is 11. The topological polar surface area (TPSA) is 142 Å². The largest absolute Gasteiger partial charge is 0.508 e. The molecule has 2 heterocycles. The van der Waals surface area contributed by atoms with Crippen LogP contribution in [0.4, 0.5) is 5.69 Å². The summed E-state index contributed by atoms with van der Waals surface area (Å²) in [7, 11) is 0. The van der Waals surface area contributed by atoms with Gasteiger partial charge in [0.25, 0.3) is 0 Å². The second-order valence-electron chi connectivity index (χ2n) is 14.0. The van der Waals surface area contributed by atoms with E-state index in [1.165, 1.54) is 15.9 Å². The molecular formula is C40H40N2O8. The Morgan fingerprint density at radius 2 is 1.60 bits per heavy atom. The van der Waals surface area contributed by atoms with E-state index in [1.807, 2.05) is 42.5 Å². The summed E-state index contributed by atoms with van der Waals surface area (Å²) in [5, 5.41) is 20.6. The molecule has 2 aliphatic heterocycles. The number of phenols is 1. The van der Waals surface area contributed by atoms with Crippen molar-refractivity contribution in [1.82, 2.24) is 4.90 Å². The molecule has 50 heavy (non-hydrogen) atoms. The van der Waals surface area contributed by atoms with Crippen LogP contribution in [-0.2, 0) is 30.6 Å². The van der Waals surface area contributed by atoms with E-state index in [0.717, 1.165) is 11.1 Å². The van der Waals surface area contributed by atoms with E-state index in [0.29, 0.717) is 49.3 Å². The molecule has 3 aromatic rings. The minimum Gasteiger partial charge on any atom is -0.508 e. The number of hydrogen-bond donors (Lipinski definition) is 2. The van der Waals surface area contributed by atoms with Gasteiger partial charge in [-0.05, 0) is 62.3 Å². The van der Waals surface area contributed by atoms with Crippen molar-refractivity contribution in [2.24, 2.45) is 29.1 Å². The number of para-hydroxylation sites is 1. The third kappa shape index (κ3) is 5.56. The summed E-state index contributed by atoms with van der Waals surface area (Å²) < 4.78 is 5.98. The van der Waals surface area contributed by atoms with Crippen molar-refractivity contribution >= 4 is 35.3 Å². The Bertz CT molecular complexity index is 1870. The van der Waals surface area contributed by atoms with Gasteiger partial charge >= 0.3 is 5.97 Å². The molecular weight excluding hydrogens is 636 g/mol. The number of hydrogen-bond acceptors (Lipinski definition) is 7. The van der Waals surface area contributed by atoms with Crippen LogP contribution in [0.5, 0.6) is 11.5 Å². The minimum absolute atomic E-state index is 0.0315. The van der Waals surface area contributed by atoms with Crippen LogP contribution >= 0.6 is 0 Å². The number of nitrogens with zero attached hydrogens (tertiary/aromatic N) is 2. The van der Waals surface area contributed by atoms with E-state index in [2.05, 4.69) is 0 Å². The number of benzene rings is 3. The van der Waals surface area contributed by atoms with E-state index in [4.69, 9.17) is 9.84 Å². The molecule has 10 heteroatoms. The monoisotopic (exact) mass is 676 g/mol. The Kier molecular flexibility index (Phi) is 8.80. The van der Waals surface area contributed by atoms with Crippen molar-refractivity contribution in [3.05, 3.63) is 102 Å². The average molecular weight is 677 g/mol. The maximum absolute atomic E-state index is 14.6. The van der Waals surface area contributed by atoms with E-state index in [-0.39, 0.29) is 48.8 Å². The van der Waals surface area contributed by atoms with Crippen molar-refractivity contribution in [2.75, 3.05) is 11.4 Å². The minimum atomic E-state index is -1.28. The van der Waals surface area contributed by atoms with Crippen LogP contribution in [0, 0.1) is 29.1 Å². The smallest absolute Gasteiger partial charge is 0.303 e. The number of carboxylic acids is 1. The molecule has 1 saturated carbocycles. The van der Waals surface area contributed by atoms with Crippen molar-refractivity contribution in [3.8, 4) is 11.5 Å². The third-order valence-corrected chi connectivity index (χ3v) is 11.2. The summed E-state index contributed by atoms with van der Waals surface area (Å²) in [5.41, 5.74) is 1.40. The van der Waals surface area contributed by atoms with Gasteiger partial charge in [-0.15, -0.1) is 0 Å². The Morgan fingerprint density at radius 1 is 0.880 bits per heavy atom. The van der Waals surface area contributed by atoms with E-state index in [1.54, 1.807) is 43.3 Å². The van der Waals surface area contributed by atoms with Gasteiger partial charge in [0.1, 0.15) is 18.1 Å². The summed E-state index contributed by atoms with van der Waals surface area (Å²) in [5.74, 6) is -5.11. The summed E-state index contributed by atoms with van der Waals surface area (Å²) in [4.78, 5) is 70.1. The van der Waals surface area contributed by atoms with E-state index >= 15 is 0 Å². The number of anilines is 1. The Hall–Kier alpha value is -5.25. The second kappa shape index (κ2) is 13.2. The molecule has 0 bridgehead atoms. The van der Waals surface area contributed by atoms with Gasteiger partial charge in [-0.3, -0.25) is 28.9 Å². The van der Waals surface area contributed by atoms with Crippen molar-refractivity contribution in [1.29, 1.82) is 0 Å². The SMILES string of the molecule is C[C@@]12C(=O)N(c3ccccc3)C(=O)[C@@H]1C[C@@H]1C(=CC[C@@H]3C(=O)N(CCCCCC(=O)O)C(=O)[C@@H]31)[C@@H]2c1ccc(OCc2ccccc2)cc1O. The van der Waals surface area contributed by atoms with Crippen molar-refractivity contribution < 1.29 is 38.9 Å². The Labute approximate surface area is 290 Å². The van der Waals surface area contributed by atoms with Crippen LogP contribution in [0.2, 0.25) is 0 Å². The van der Waals surface area contributed by atoms with Gasteiger partial charge in [0, 0.05) is 30.5 Å². The first kappa shape index (κ1) is 33.3. The zero-order chi connectivity index (χ0) is 35.2. The molecule has 0 aromatic heterocycles. The number of phenolic OH excluding ortho intramolecular Hbond substituents is 1. The van der Waals surface area contributed by atoms with Gasteiger partial charge in [-0.1, -0.05) is 72.7 Å². The van der Waals surface area contributed by atoms with Crippen LogP contribution in [0.25, 0.3) is 0 Å². The van der Waals surface area contributed by atoms with Crippen LogP contribution in [-0.4, -0.2) is 51.3 Å². The number of carbonyl (C=O) groups excluding carboxylic acids is 4. The summed E-state index contributed by atoms with van der Waals surface area (Å²) in [6.45, 7) is 2.30. The first-order valence-corrected chi connectivity index (χ1v) is 17.3. The number of amides is 4. The fourth-order valence-corrected chi connectivity index (χ4v) is 8.79. The fraction of sp³-hybridized carbons (Fsp3) is 0.375. The molecule has 6 atom stereocenters. The summed E-state index contributed by atoms with van der Waals surface area (Å²) in [6, 6.07) is 23.4. The lowest BCUT2D eigenvalue weighted by molar-refractivity contribution is -0.141. The molecule has 0 unspecified atom stereocenters. The van der Waals surface area contributed by atoms with Crippen molar-refractivity contribution in [2.45, 2.75) is 58.0 Å². The molecule has 0 radical (unpaired) electrons. The molecule has 4 amide bonds. The van der Waals surface area contributed by atoms with Crippen LogP contribution in [0.3, 0.4) is 0 Å². The van der Waals surface area contributed by atoms with Gasteiger partial charge < -0.3 is 14.9 Å². The van der Waals surface area contributed by atoms with Gasteiger partial charge in [0.2, 0.25) is 23.6 Å². The summed E-state index contributed by atoms with van der Waals surface area (Å²) in [6.07, 6.45) is 4.05. The van der Waals surface area contributed by atoms with Gasteiger partial charge in [0.15, 0.2) is 0 Å². The highest BCUT2D eigenvalue weighted by molar-refractivity contribution is 6.24. The molecule has 0 spiro atoms. The third-order valence-electron chi connectivity index (χ3n) is 11.2. The molecule has 2 saturated heterocycles. The molecule has 3 aromatic carbocycles. The normalized spacial score (nSPS) is 27.1. The van der Waals surface area contributed by atoms with E-state index < -0.39 is 41.0 Å². The highest BCUT2D eigenvalue weighted by Gasteiger charge is 2.67. The Morgan fingerprint density at radius 3 is 2.30 bits per heavy atom. The van der Waals surface area contributed by atoms with Gasteiger partial charge in [0.05, 0.1) is 28.9 Å². The second-order valence-corrected chi connectivity index (χ2v) is 14.0. The first-order valence-electron chi connectivity index (χ1n) is 17.3. The molecule has 10 nitrogen and oxygen atoms in total. The van der Waals surface area contributed by atoms with E-state index in [9.17, 15) is 29.1 Å². The molecule has 2 N–H and O–H groups in total. The predicted octanol–water partition coefficient (Wildman–Crippen LogP) is 5.85. The lowest BCUT2D eigenvalue weighted by Crippen LogP contribution is -2.48. The maximum atomic E-state index is 14.6. The zero-order valence-corrected chi connectivity index (χ0v) is 27.9. The number of aromatic hydroxyl groups is 1. The van der Waals surface area contributed by atoms with Gasteiger partial charge in [-0.2, -0.15) is 0 Å². The number of allylic oxidation sites excluding steroid dienone is 2. The molecule has 7 rings (SSSR count). The number of carboxylic acid groups (broad SMARTS) is 1. The molecule has 258 valence electrons. The van der Waals surface area contributed by atoms with Crippen molar-refractivity contribution in [3.63, 3.8) is 0 Å². The lowest BCUT2D eigenvalue weighted by Gasteiger charge is -2.49. The number of aliphatic carboxylic acids is 1. The van der Waals surface area contributed by atoms with Crippen LogP contribution in [0.15, 0.2) is 90.5 Å². The molecule has 2 aliphatic carbocycles. The predicted molar refractivity (Wildman–Crippen MR) is 183 cm³/mol. The highest BCUT2D eigenvalue weighted by atomic mass is 16.5. The number of unbranched alkanes of at least 4 members (excludes halogenated alkanes) is 2. The quantitative estimate of drug-likeness (QED) is 0.147. The lowest BCUT2D eigenvalue weighted by atomic mass is 9.51. The number of carbonyl (C=O) groups is 5. The first-order chi connectivity index (χ1) is 24.1. The fourth-order valence-electron chi connectivity index (χ4n) is 8.79. The number of ether oxygens (including phenoxy) is 1. The summed E-state index contributed by atoms with van der Waals surface area (Å²) >= 11 is 0. The molecule has 3 fully saturated rings. The number of imide groups is 2. The Balaban J connectivity index is 1.24. The molecule has 4 aliphatic rings. The maximum Gasteiger partial charge on any atom is 0.303 e. The van der Waals surface area contributed by atoms with Gasteiger partial charge in [-0.25, -0.2) is 4.90 Å². The number of likely N-dealkylation sites (tertiary alicyclic amines) is 1. The van der Waals surface area contributed by atoms with Crippen LogP contribution in [0.1, 0.15) is 62.5 Å². The standard InChI is InChI=1S/C40H40N2O8/c1-40-31(37(47)42(39(40)49)25-13-7-3-8-14-25)22-30-27(18-19-29-34(30)38(48)41(36(29)46)20-10-4-9-15-33(44)45)35(40)28-17-16-26(21-32(28)43)50-23-24-11-5-2-6-12-24/h2-3,5-8,11-14,16-18,21,29-31,34-35,43H,4,9-10,15,19-20,22-23H2,1H3,(H,44,45)/t29-,30+,31-,34-,35+,40+/m0/s1.